The molecule has 0 radical (unpaired) electrons. The van der Waals surface area contributed by atoms with Gasteiger partial charge in [-0.15, -0.1) is 11.8 Å². The van der Waals surface area contributed by atoms with Crippen molar-refractivity contribution in [1.29, 1.82) is 0 Å². The number of hydrogen-bond donors (Lipinski definition) is 0. The van der Waals surface area contributed by atoms with Gasteiger partial charge in [-0.25, -0.2) is 0 Å². The third-order valence-corrected chi connectivity index (χ3v) is 6.94. The molecule has 3 rings (SSSR count). The first-order chi connectivity index (χ1) is 16.9. The second kappa shape index (κ2) is 13.6. The number of carbonyl (C=O) groups excluding carboxylic acids is 4. The van der Waals surface area contributed by atoms with E-state index in [1.165, 1.54) is 4.90 Å². The summed E-state index contributed by atoms with van der Waals surface area (Å²) in [5.41, 5.74) is 0.953. The lowest BCUT2D eigenvalue weighted by Crippen LogP contribution is -2.34. The highest BCUT2D eigenvalue weighted by atomic mass is 16.6. The largest absolute Gasteiger partial charge is 0.462 e. The first-order valence-corrected chi connectivity index (χ1v) is 12.8. The molecule has 2 atom stereocenters. The maximum Gasteiger partial charge on any atom is 0.306 e. The average molecular weight is 488 g/mol. The molecule has 8 nitrogen and oxygen atoms in total. The Kier molecular flexibility index (Phi) is 10.5. The molecule has 0 aromatic heterocycles. The van der Waals surface area contributed by atoms with Crippen molar-refractivity contribution in [2.75, 3.05) is 33.0 Å². The number of esters is 1. The van der Waals surface area contributed by atoms with Crippen LogP contribution >= 0.6 is 0 Å². The van der Waals surface area contributed by atoms with E-state index in [9.17, 15) is 19.2 Å². The van der Waals surface area contributed by atoms with Gasteiger partial charge in [-0.2, -0.15) is 0 Å². The zero-order valence-corrected chi connectivity index (χ0v) is 20.9. The standard InChI is InChI=1S/C27H37NO7/c1-19-20(2)27(32)28(26(19)31)14-18-34-17-13-21(29)9-7-15-33-16-8-12-24(30)35-25-22-10-5-3-4-6-11-23(22)25/h22-23,25H,5-18H2,1-2H3. The molecule has 1 heterocycles. The Morgan fingerprint density at radius 2 is 1.40 bits per heavy atom. The molecule has 1 fully saturated rings. The molecule has 0 bridgehead atoms. The highest BCUT2D eigenvalue weighted by Gasteiger charge is 2.51. The summed E-state index contributed by atoms with van der Waals surface area (Å²) in [6.45, 7) is 4.90. The predicted octanol–water partition coefficient (Wildman–Crippen LogP) is 2.98. The summed E-state index contributed by atoms with van der Waals surface area (Å²) in [4.78, 5) is 49.1. The van der Waals surface area contributed by atoms with Crippen LogP contribution in [0.2, 0.25) is 0 Å². The maximum absolute atomic E-state index is 12.1. The first kappa shape index (κ1) is 27.1. The van der Waals surface area contributed by atoms with Crippen molar-refractivity contribution in [1.82, 2.24) is 4.90 Å². The third-order valence-electron chi connectivity index (χ3n) is 6.94. The van der Waals surface area contributed by atoms with Gasteiger partial charge in [-0.3, -0.25) is 24.1 Å². The molecule has 1 saturated carbocycles. The second-order valence-corrected chi connectivity index (χ2v) is 9.45. The first-order valence-electron chi connectivity index (χ1n) is 12.8. The fraction of sp³-hybridized carbons (Fsp3) is 0.704. The summed E-state index contributed by atoms with van der Waals surface area (Å²) in [5, 5.41) is 0. The number of Topliss-reactive ketones (excluding diaryl/α,β-unsaturated/α-hetero) is 1. The van der Waals surface area contributed by atoms with Crippen molar-refractivity contribution in [3.05, 3.63) is 11.1 Å². The number of rotatable bonds is 15. The number of amides is 2. The number of carbonyl (C=O) groups is 4. The van der Waals surface area contributed by atoms with Crippen molar-refractivity contribution in [2.24, 2.45) is 11.8 Å². The molecule has 2 aliphatic carbocycles. The van der Waals surface area contributed by atoms with Crippen molar-refractivity contribution >= 4 is 23.6 Å². The van der Waals surface area contributed by atoms with Gasteiger partial charge in [0.25, 0.3) is 11.8 Å². The van der Waals surface area contributed by atoms with E-state index in [1.54, 1.807) is 13.8 Å². The summed E-state index contributed by atoms with van der Waals surface area (Å²) in [6, 6.07) is 0. The highest BCUT2D eigenvalue weighted by Crippen LogP contribution is 2.48. The van der Waals surface area contributed by atoms with Crippen molar-refractivity contribution < 1.29 is 33.4 Å². The molecular formula is C27H37NO7. The lowest BCUT2D eigenvalue weighted by atomic mass is 10.1. The minimum Gasteiger partial charge on any atom is -0.462 e. The second-order valence-electron chi connectivity index (χ2n) is 9.45. The summed E-state index contributed by atoms with van der Waals surface area (Å²) in [6.07, 6.45) is 6.23. The Labute approximate surface area is 207 Å². The maximum atomic E-state index is 12.1. The Balaban J connectivity index is 1.11. The van der Waals surface area contributed by atoms with Crippen LogP contribution in [0.3, 0.4) is 0 Å². The van der Waals surface area contributed by atoms with Gasteiger partial charge in [-0.05, 0) is 39.5 Å². The van der Waals surface area contributed by atoms with Crippen molar-refractivity contribution in [3.63, 3.8) is 0 Å². The summed E-state index contributed by atoms with van der Waals surface area (Å²) < 4.78 is 16.6. The number of ether oxygens (including phenoxy) is 3. The SMILES string of the molecule is CC1=C(C)C(=O)N(CCOCCC(=O)CCCOCCCC(=O)OC2C3CCC#CCCC32)C1=O. The molecular weight excluding hydrogens is 450 g/mol. The molecule has 0 saturated heterocycles. The fourth-order valence-corrected chi connectivity index (χ4v) is 4.59. The molecule has 192 valence electrons. The van der Waals surface area contributed by atoms with Crippen LogP contribution in [0.15, 0.2) is 11.1 Å². The Morgan fingerprint density at radius 1 is 0.829 bits per heavy atom. The van der Waals surface area contributed by atoms with Gasteiger partial charge in [0.2, 0.25) is 0 Å². The van der Waals surface area contributed by atoms with Gasteiger partial charge in [0.1, 0.15) is 11.9 Å². The Bertz CT molecular complexity index is 855. The van der Waals surface area contributed by atoms with Crippen molar-refractivity contribution in [3.8, 4) is 11.8 Å². The van der Waals surface area contributed by atoms with E-state index in [1.807, 2.05) is 0 Å². The summed E-state index contributed by atoms with van der Waals surface area (Å²) >= 11 is 0. The van der Waals surface area contributed by atoms with E-state index < -0.39 is 0 Å². The van der Waals surface area contributed by atoms with Gasteiger partial charge in [-0.1, -0.05) is 0 Å². The van der Waals surface area contributed by atoms with Gasteiger partial charge < -0.3 is 14.2 Å². The van der Waals surface area contributed by atoms with E-state index in [0.29, 0.717) is 68.3 Å². The minimum absolute atomic E-state index is 0.0794. The van der Waals surface area contributed by atoms with Crippen molar-refractivity contribution in [2.45, 2.75) is 77.7 Å². The van der Waals surface area contributed by atoms with Crippen LogP contribution in [0, 0.1) is 23.7 Å². The summed E-state index contributed by atoms with van der Waals surface area (Å²) in [7, 11) is 0. The minimum atomic E-state index is -0.272. The average Bonchev–Trinajstić information content (AvgIpc) is 3.41. The molecule has 35 heavy (non-hydrogen) atoms. The molecule has 0 N–H and O–H groups in total. The van der Waals surface area contributed by atoms with E-state index in [0.717, 1.165) is 25.7 Å². The number of nitrogens with zero attached hydrogens (tertiary/aromatic N) is 1. The number of ketones is 1. The third kappa shape index (κ3) is 8.01. The van der Waals surface area contributed by atoms with Gasteiger partial charge in [0.15, 0.2) is 0 Å². The molecule has 2 unspecified atom stereocenters. The fourth-order valence-electron chi connectivity index (χ4n) is 4.59. The van der Waals surface area contributed by atoms with Crippen LogP contribution in [0.4, 0.5) is 0 Å². The van der Waals surface area contributed by atoms with E-state index in [2.05, 4.69) is 11.8 Å². The van der Waals surface area contributed by atoms with Crippen LogP contribution in [-0.2, 0) is 33.4 Å². The predicted molar refractivity (Wildman–Crippen MR) is 128 cm³/mol. The topological polar surface area (TPSA) is 99.2 Å². The normalized spacial score (nSPS) is 23.4. The number of fused-ring (bicyclic) bond motifs is 1. The van der Waals surface area contributed by atoms with Crippen LogP contribution < -0.4 is 0 Å². The molecule has 0 spiro atoms. The van der Waals surface area contributed by atoms with Crippen LogP contribution in [0.1, 0.15) is 71.6 Å². The van der Waals surface area contributed by atoms with Gasteiger partial charge in [0.05, 0.1) is 19.8 Å². The molecule has 2 amide bonds. The number of hydrogen-bond acceptors (Lipinski definition) is 7. The van der Waals surface area contributed by atoms with Crippen LogP contribution in [-0.4, -0.2) is 67.5 Å². The molecule has 0 aromatic carbocycles. The lowest BCUT2D eigenvalue weighted by molar-refractivity contribution is -0.146. The quantitative estimate of drug-likeness (QED) is 0.152. The monoisotopic (exact) mass is 487 g/mol. The van der Waals surface area contributed by atoms with E-state index in [4.69, 9.17) is 14.2 Å². The van der Waals surface area contributed by atoms with Crippen LogP contribution in [0.25, 0.3) is 0 Å². The van der Waals surface area contributed by atoms with E-state index >= 15 is 0 Å². The number of imide groups is 1. The summed E-state index contributed by atoms with van der Waals surface area (Å²) in [5.74, 6) is 6.69. The molecule has 0 aromatic rings. The lowest BCUT2D eigenvalue weighted by Gasteiger charge is -2.14. The Morgan fingerprint density at radius 3 is 2.03 bits per heavy atom. The zero-order valence-electron chi connectivity index (χ0n) is 20.9. The molecule has 1 aliphatic heterocycles. The van der Waals surface area contributed by atoms with Gasteiger partial charge >= 0.3 is 5.97 Å². The Hall–Kier alpha value is -2.50. The smallest absolute Gasteiger partial charge is 0.306 e. The van der Waals surface area contributed by atoms with Gasteiger partial charge in [0, 0.05) is 68.3 Å². The molecule has 3 aliphatic rings. The highest BCUT2D eigenvalue weighted by molar-refractivity contribution is 6.18. The van der Waals surface area contributed by atoms with Crippen LogP contribution in [0.5, 0.6) is 0 Å². The van der Waals surface area contributed by atoms with E-state index in [-0.39, 0.29) is 49.4 Å². The molecule has 8 heteroatoms. The zero-order chi connectivity index (χ0) is 25.2.